The van der Waals surface area contributed by atoms with Crippen molar-refractivity contribution in [2.24, 2.45) is 0 Å². The van der Waals surface area contributed by atoms with Gasteiger partial charge in [0.25, 0.3) is 17.7 Å². The third-order valence-electron chi connectivity index (χ3n) is 6.41. The van der Waals surface area contributed by atoms with Crippen LogP contribution in [0.3, 0.4) is 0 Å². The zero-order chi connectivity index (χ0) is 25.2. The van der Waals surface area contributed by atoms with Gasteiger partial charge < -0.3 is 15.1 Å². The SMILES string of the molecule is Cc1ccc(N2C(=O)C(Cl)=C(Nc3ccc(C(=O)N4CCN(c5ccccc5)CC4)cc3)C2=O)cc1. The molecular weight excluding hydrogens is 476 g/mol. The van der Waals surface area contributed by atoms with Gasteiger partial charge >= 0.3 is 0 Å². The van der Waals surface area contributed by atoms with E-state index in [9.17, 15) is 14.4 Å². The Hall–Kier alpha value is -4.10. The van der Waals surface area contributed by atoms with Gasteiger partial charge in [-0.15, -0.1) is 0 Å². The van der Waals surface area contributed by atoms with Gasteiger partial charge in [-0.05, 0) is 55.5 Å². The average molecular weight is 501 g/mol. The molecule has 1 saturated heterocycles. The first-order chi connectivity index (χ1) is 17.4. The Labute approximate surface area is 214 Å². The third kappa shape index (κ3) is 4.57. The number of hydrogen-bond donors (Lipinski definition) is 1. The molecule has 182 valence electrons. The summed E-state index contributed by atoms with van der Waals surface area (Å²) >= 11 is 6.23. The van der Waals surface area contributed by atoms with Gasteiger partial charge in [0.05, 0.1) is 5.69 Å². The Morgan fingerprint density at radius 2 is 1.42 bits per heavy atom. The maximum Gasteiger partial charge on any atom is 0.283 e. The lowest BCUT2D eigenvalue weighted by Gasteiger charge is -2.36. The second-order valence-electron chi connectivity index (χ2n) is 8.79. The molecule has 2 aliphatic rings. The number of nitrogens with zero attached hydrogens (tertiary/aromatic N) is 3. The van der Waals surface area contributed by atoms with E-state index in [0.29, 0.717) is 30.0 Å². The van der Waals surface area contributed by atoms with E-state index in [1.165, 1.54) is 0 Å². The predicted octanol–water partition coefficient (Wildman–Crippen LogP) is 4.39. The van der Waals surface area contributed by atoms with Gasteiger partial charge in [-0.2, -0.15) is 0 Å². The number of aryl methyl sites for hydroxylation is 1. The number of carbonyl (C=O) groups excluding carboxylic acids is 3. The summed E-state index contributed by atoms with van der Waals surface area (Å²) in [6.45, 7) is 4.75. The molecule has 36 heavy (non-hydrogen) atoms. The number of benzene rings is 3. The molecule has 0 unspecified atom stereocenters. The highest BCUT2D eigenvalue weighted by Crippen LogP contribution is 2.30. The topological polar surface area (TPSA) is 73.0 Å². The summed E-state index contributed by atoms with van der Waals surface area (Å²) in [6.07, 6.45) is 0. The molecule has 7 nitrogen and oxygen atoms in total. The summed E-state index contributed by atoms with van der Waals surface area (Å²) in [5, 5.41) is 2.79. The predicted molar refractivity (Wildman–Crippen MR) is 141 cm³/mol. The first kappa shape index (κ1) is 23.6. The molecule has 8 heteroatoms. The molecule has 3 aromatic rings. The molecule has 1 N–H and O–H groups in total. The number of imide groups is 1. The molecule has 0 spiro atoms. The van der Waals surface area contributed by atoms with Crippen LogP contribution in [0.1, 0.15) is 15.9 Å². The highest BCUT2D eigenvalue weighted by molar-refractivity contribution is 6.53. The van der Waals surface area contributed by atoms with Gasteiger partial charge in [-0.1, -0.05) is 47.5 Å². The standard InChI is InChI=1S/C28H25ClN4O3/c1-19-7-13-23(14-8-19)33-27(35)24(29)25(28(33)36)30-21-11-9-20(10-12-21)26(34)32-17-15-31(16-18-32)22-5-3-2-4-6-22/h2-14,30H,15-18H2,1H3. The number of para-hydroxylation sites is 1. The molecule has 2 aliphatic heterocycles. The van der Waals surface area contributed by atoms with E-state index in [2.05, 4.69) is 22.3 Å². The van der Waals surface area contributed by atoms with E-state index in [0.717, 1.165) is 29.2 Å². The van der Waals surface area contributed by atoms with E-state index in [-0.39, 0.29) is 16.6 Å². The molecule has 2 heterocycles. The number of piperazine rings is 1. The quantitative estimate of drug-likeness (QED) is 0.526. The molecule has 5 rings (SSSR count). The lowest BCUT2D eigenvalue weighted by Crippen LogP contribution is -2.48. The number of halogens is 1. The van der Waals surface area contributed by atoms with Crippen molar-refractivity contribution in [3.63, 3.8) is 0 Å². The summed E-state index contributed by atoms with van der Waals surface area (Å²) in [6, 6.07) is 24.1. The zero-order valence-corrected chi connectivity index (χ0v) is 20.5. The summed E-state index contributed by atoms with van der Waals surface area (Å²) in [7, 11) is 0. The summed E-state index contributed by atoms with van der Waals surface area (Å²) in [4.78, 5) is 43.8. The second kappa shape index (κ2) is 9.87. The largest absolute Gasteiger partial charge is 0.368 e. The van der Waals surface area contributed by atoms with Gasteiger partial charge in [0.15, 0.2) is 0 Å². The Balaban J connectivity index is 1.23. The van der Waals surface area contributed by atoms with Crippen LogP contribution in [0.5, 0.6) is 0 Å². The molecule has 0 radical (unpaired) electrons. The minimum atomic E-state index is -0.575. The van der Waals surface area contributed by atoms with Crippen molar-refractivity contribution in [2.75, 3.05) is 41.3 Å². The van der Waals surface area contributed by atoms with Crippen LogP contribution in [-0.2, 0) is 9.59 Å². The Kier molecular flexibility index (Phi) is 6.48. The normalized spacial score (nSPS) is 16.1. The first-order valence-electron chi connectivity index (χ1n) is 11.7. The molecule has 0 atom stereocenters. The third-order valence-corrected chi connectivity index (χ3v) is 6.76. The smallest absolute Gasteiger partial charge is 0.283 e. The van der Waals surface area contributed by atoms with E-state index in [1.54, 1.807) is 36.4 Å². The maximum atomic E-state index is 13.0. The van der Waals surface area contributed by atoms with Crippen LogP contribution in [0, 0.1) is 6.92 Å². The van der Waals surface area contributed by atoms with Gasteiger partial charge in [0.2, 0.25) is 0 Å². The molecule has 0 saturated carbocycles. The summed E-state index contributed by atoms with van der Waals surface area (Å²) in [5.41, 5.74) is 3.76. The summed E-state index contributed by atoms with van der Waals surface area (Å²) in [5.74, 6) is -1.14. The average Bonchev–Trinajstić information content (AvgIpc) is 3.13. The van der Waals surface area contributed by atoms with Crippen molar-refractivity contribution < 1.29 is 14.4 Å². The molecule has 0 bridgehead atoms. The fraction of sp³-hybridized carbons (Fsp3) is 0.179. The Bertz CT molecular complexity index is 1330. The molecule has 1 fully saturated rings. The number of anilines is 3. The highest BCUT2D eigenvalue weighted by Gasteiger charge is 2.39. The highest BCUT2D eigenvalue weighted by atomic mass is 35.5. The molecule has 0 aliphatic carbocycles. The van der Waals surface area contributed by atoms with Gasteiger partial charge in [-0.25, -0.2) is 4.90 Å². The second-order valence-corrected chi connectivity index (χ2v) is 9.17. The Morgan fingerprint density at radius 3 is 2.06 bits per heavy atom. The van der Waals surface area contributed by atoms with Crippen molar-refractivity contribution in [3.05, 3.63) is 101 Å². The van der Waals surface area contributed by atoms with Gasteiger partial charge in [0.1, 0.15) is 10.7 Å². The van der Waals surface area contributed by atoms with E-state index < -0.39 is 11.8 Å². The van der Waals surface area contributed by atoms with Crippen molar-refractivity contribution in [1.29, 1.82) is 0 Å². The first-order valence-corrected chi connectivity index (χ1v) is 12.1. The van der Waals surface area contributed by atoms with Gasteiger partial charge in [0, 0.05) is 43.1 Å². The van der Waals surface area contributed by atoms with Crippen molar-refractivity contribution >= 4 is 46.4 Å². The molecular formula is C28H25ClN4O3. The van der Waals surface area contributed by atoms with E-state index >= 15 is 0 Å². The van der Waals surface area contributed by atoms with Gasteiger partial charge in [-0.3, -0.25) is 14.4 Å². The maximum absolute atomic E-state index is 13.0. The van der Waals surface area contributed by atoms with Crippen molar-refractivity contribution in [2.45, 2.75) is 6.92 Å². The molecule has 0 aromatic heterocycles. The van der Waals surface area contributed by atoms with Crippen LogP contribution < -0.4 is 15.1 Å². The van der Waals surface area contributed by atoms with E-state index in [4.69, 9.17) is 11.6 Å². The summed E-state index contributed by atoms with van der Waals surface area (Å²) < 4.78 is 0. The number of carbonyl (C=O) groups is 3. The van der Waals surface area contributed by atoms with Crippen LogP contribution >= 0.6 is 11.6 Å². The van der Waals surface area contributed by atoms with Crippen LogP contribution in [0.25, 0.3) is 0 Å². The van der Waals surface area contributed by atoms with Crippen molar-refractivity contribution in [3.8, 4) is 0 Å². The zero-order valence-electron chi connectivity index (χ0n) is 19.8. The van der Waals surface area contributed by atoms with Crippen LogP contribution in [0.2, 0.25) is 0 Å². The van der Waals surface area contributed by atoms with E-state index in [1.807, 2.05) is 42.2 Å². The fourth-order valence-electron chi connectivity index (χ4n) is 4.37. The van der Waals surface area contributed by atoms with Crippen LogP contribution in [0.4, 0.5) is 17.1 Å². The molecule has 3 amide bonds. The number of amides is 3. The van der Waals surface area contributed by atoms with Crippen LogP contribution in [0.15, 0.2) is 89.6 Å². The monoisotopic (exact) mass is 500 g/mol. The van der Waals surface area contributed by atoms with Crippen molar-refractivity contribution in [1.82, 2.24) is 4.90 Å². The van der Waals surface area contributed by atoms with Crippen LogP contribution in [-0.4, -0.2) is 48.8 Å². The molecule has 3 aromatic carbocycles. The fourth-order valence-corrected chi connectivity index (χ4v) is 4.58. The Morgan fingerprint density at radius 1 is 0.778 bits per heavy atom. The number of nitrogens with one attached hydrogen (secondary N) is 1. The number of hydrogen-bond acceptors (Lipinski definition) is 5. The minimum Gasteiger partial charge on any atom is -0.368 e. The lowest BCUT2D eigenvalue weighted by molar-refractivity contribution is -0.120. The lowest BCUT2D eigenvalue weighted by atomic mass is 10.1. The number of rotatable bonds is 5. The minimum absolute atomic E-state index is 0.0124.